The second-order valence-electron chi connectivity index (χ2n) is 6.56. The normalized spacial score (nSPS) is 38.6. The molecule has 0 radical (unpaired) electrons. The maximum absolute atomic E-state index is 11.1. The summed E-state index contributed by atoms with van der Waals surface area (Å²) in [5, 5.41) is 10.4. The van der Waals surface area contributed by atoms with Crippen molar-refractivity contribution in [3.05, 3.63) is 11.6 Å². The van der Waals surface area contributed by atoms with Gasteiger partial charge in [0.25, 0.3) is 0 Å². The van der Waals surface area contributed by atoms with Crippen molar-refractivity contribution in [3.63, 3.8) is 0 Å². The maximum atomic E-state index is 11.1. The van der Waals surface area contributed by atoms with Crippen molar-refractivity contribution in [3.8, 4) is 0 Å². The monoisotopic (exact) mass is 252 g/mol. The molecular formula is C15H24O3. The molecule has 1 saturated carbocycles. The fraction of sp³-hybridized carbons (Fsp3) is 0.800. The van der Waals surface area contributed by atoms with Crippen molar-refractivity contribution < 1.29 is 14.6 Å². The van der Waals surface area contributed by atoms with Crippen LogP contribution in [0, 0.1) is 17.3 Å². The van der Waals surface area contributed by atoms with E-state index in [0.29, 0.717) is 11.8 Å². The van der Waals surface area contributed by atoms with Crippen LogP contribution < -0.4 is 0 Å². The highest BCUT2D eigenvalue weighted by atomic mass is 16.6. The number of hydrogen-bond donors (Lipinski definition) is 1. The van der Waals surface area contributed by atoms with E-state index in [2.05, 4.69) is 26.8 Å². The van der Waals surface area contributed by atoms with Gasteiger partial charge >= 0.3 is 5.97 Å². The summed E-state index contributed by atoms with van der Waals surface area (Å²) in [4.78, 5) is 11.1. The largest absolute Gasteiger partial charge is 0.459 e. The Morgan fingerprint density at radius 1 is 1.44 bits per heavy atom. The Morgan fingerprint density at radius 2 is 2.11 bits per heavy atom. The molecule has 0 amide bonds. The van der Waals surface area contributed by atoms with E-state index >= 15 is 0 Å². The quantitative estimate of drug-likeness (QED) is 0.576. The van der Waals surface area contributed by atoms with Crippen LogP contribution in [0.4, 0.5) is 0 Å². The van der Waals surface area contributed by atoms with E-state index in [1.54, 1.807) is 0 Å². The first kappa shape index (κ1) is 13.6. The number of carbonyl (C=O) groups excluding carboxylic acids is 1. The van der Waals surface area contributed by atoms with Crippen LogP contribution in [0.5, 0.6) is 0 Å². The lowest BCUT2D eigenvalue weighted by Gasteiger charge is -2.48. The molecule has 0 aliphatic heterocycles. The predicted octanol–water partition coefficient (Wildman–Crippen LogP) is 2.68. The second-order valence-corrected chi connectivity index (χ2v) is 6.56. The zero-order valence-electron chi connectivity index (χ0n) is 11.8. The van der Waals surface area contributed by atoms with Gasteiger partial charge < -0.3 is 9.84 Å². The lowest BCUT2D eigenvalue weighted by atomic mass is 9.60. The molecule has 0 spiro atoms. The molecular weight excluding hydrogens is 228 g/mol. The molecule has 18 heavy (non-hydrogen) atoms. The van der Waals surface area contributed by atoms with Gasteiger partial charge in [0.05, 0.1) is 0 Å². The van der Waals surface area contributed by atoms with Crippen molar-refractivity contribution in [1.82, 2.24) is 0 Å². The first-order valence-electron chi connectivity index (χ1n) is 6.88. The number of allylic oxidation sites excluding steroid dienone is 1. The van der Waals surface area contributed by atoms with Gasteiger partial charge in [-0.2, -0.15) is 0 Å². The topological polar surface area (TPSA) is 46.5 Å². The Bertz CT molecular complexity index is 370. The molecule has 0 aromatic carbocycles. The van der Waals surface area contributed by atoms with Gasteiger partial charge in [-0.05, 0) is 42.1 Å². The van der Waals surface area contributed by atoms with Crippen molar-refractivity contribution in [2.45, 2.75) is 59.2 Å². The highest BCUT2D eigenvalue weighted by Crippen LogP contribution is 2.49. The number of aliphatic hydroxyl groups is 1. The minimum Gasteiger partial charge on any atom is -0.459 e. The Morgan fingerprint density at radius 3 is 2.72 bits per heavy atom. The molecule has 0 aromatic heterocycles. The van der Waals surface area contributed by atoms with E-state index in [1.165, 1.54) is 13.3 Å². The van der Waals surface area contributed by atoms with Crippen LogP contribution in [0.25, 0.3) is 0 Å². The van der Waals surface area contributed by atoms with Crippen LogP contribution in [0.3, 0.4) is 0 Å². The minimum atomic E-state index is -0.616. The first-order chi connectivity index (χ1) is 8.31. The number of carbonyl (C=O) groups is 1. The third-order valence-electron chi connectivity index (χ3n) is 4.47. The van der Waals surface area contributed by atoms with Gasteiger partial charge in [-0.3, -0.25) is 4.79 Å². The van der Waals surface area contributed by atoms with Gasteiger partial charge in [-0.15, -0.1) is 0 Å². The van der Waals surface area contributed by atoms with Crippen molar-refractivity contribution in [1.29, 1.82) is 0 Å². The number of ether oxygens (including phenoxy) is 1. The molecule has 0 heterocycles. The molecule has 1 fully saturated rings. The molecule has 3 heteroatoms. The fourth-order valence-electron chi connectivity index (χ4n) is 3.58. The van der Waals surface area contributed by atoms with Gasteiger partial charge in [-0.25, -0.2) is 0 Å². The number of hydrogen-bond acceptors (Lipinski definition) is 3. The molecule has 2 aliphatic rings. The van der Waals surface area contributed by atoms with Crippen molar-refractivity contribution >= 4 is 5.97 Å². The Labute approximate surface area is 109 Å². The molecule has 102 valence electrons. The molecule has 3 nitrogen and oxygen atoms in total. The molecule has 0 aromatic rings. The summed E-state index contributed by atoms with van der Waals surface area (Å²) in [6.45, 7) is 8.01. The SMILES string of the molecule is CC(=O)O[C@@H]1CC(C)(C)[C@@H]2CC[C@@H](C)C=C2C1O. The van der Waals surface area contributed by atoms with Crippen LogP contribution in [0.15, 0.2) is 11.6 Å². The fourth-order valence-corrected chi connectivity index (χ4v) is 3.58. The zero-order chi connectivity index (χ0) is 13.5. The van der Waals surface area contributed by atoms with Crippen molar-refractivity contribution in [2.75, 3.05) is 0 Å². The summed E-state index contributed by atoms with van der Waals surface area (Å²) in [7, 11) is 0. The van der Waals surface area contributed by atoms with E-state index in [-0.39, 0.29) is 17.5 Å². The predicted molar refractivity (Wildman–Crippen MR) is 69.9 cm³/mol. The lowest BCUT2D eigenvalue weighted by Crippen LogP contribution is -2.48. The van der Waals surface area contributed by atoms with Crippen LogP contribution in [0.2, 0.25) is 0 Å². The van der Waals surface area contributed by atoms with E-state index in [4.69, 9.17) is 4.74 Å². The van der Waals surface area contributed by atoms with E-state index in [9.17, 15) is 9.90 Å². The summed E-state index contributed by atoms with van der Waals surface area (Å²) in [5.41, 5.74) is 1.18. The van der Waals surface area contributed by atoms with E-state index in [1.807, 2.05) is 0 Å². The first-order valence-corrected chi connectivity index (χ1v) is 6.88. The third-order valence-corrected chi connectivity index (χ3v) is 4.47. The van der Waals surface area contributed by atoms with E-state index < -0.39 is 6.10 Å². The molecule has 4 atom stereocenters. The van der Waals surface area contributed by atoms with Crippen molar-refractivity contribution in [2.24, 2.45) is 17.3 Å². The second kappa shape index (κ2) is 4.69. The summed E-state index contributed by atoms with van der Waals surface area (Å²) in [6.07, 6.45) is 4.24. The summed E-state index contributed by atoms with van der Waals surface area (Å²) in [5.74, 6) is 0.631. The highest BCUT2D eigenvalue weighted by Gasteiger charge is 2.47. The Kier molecular flexibility index (Phi) is 3.54. The molecule has 2 rings (SSSR count). The third kappa shape index (κ3) is 2.46. The lowest BCUT2D eigenvalue weighted by molar-refractivity contribution is -0.157. The number of fused-ring (bicyclic) bond motifs is 1. The molecule has 2 aliphatic carbocycles. The Hall–Kier alpha value is -0.830. The van der Waals surface area contributed by atoms with Gasteiger partial charge in [0.2, 0.25) is 0 Å². The molecule has 1 unspecified atom stereocenters. The summed E-state index contributed by atoms with van der Waals surface area (Å²) < 4.78 is 5.29. The highest BCUT2D eigenvalue weighted by molar-refractivity contribution is 5.66. The number of aliphatic hydroxyl groups excluding tert-OH is 1. The van der Waals surface area contributed by atoms with Crippen LogP contribution >= 0.6 is 0 Å². The van der Waals surface area contributed by atoms with Gasteiger partial charge in [0.15, 0.2) is 0 Å². The zero-order valence-corrected chi connectivity index (χ0v) is 11.8. The van der Waals surface area contributed by atoms with Crippen LogP contribution in [0.1, 0.15) is 47.0 Å². The average molecular weight is 252 g/mol. The van der Waals surface area contributed by atoms with Crippen LogP contribution in [-0.4, -0.2) is 23.3 Å². The van der Waals surface area contributed by atoms with Gasteiger partial charge in [0, 0.05) is 6.92 Å². The molecule has 0 bridgehead atoms. The standard InChI is InChI=1S/C15H24O3/c1-9-5-6-12-11(7-9)14(17)13(18-10(2)16)8-15(12,3)4/h7,9,12-14,17H,5-6,8H2,1-4H3/t9-,12-,13-,14?/m1/s1. The van der Waals surface area contributed by atoms with Gasteiger partial charge in [-0.1, -0.05) is 26.8 Å². The average Bonchev–Trinajstić information content (AvgIpc) is 2.24. The Balaban J connectivity index is 2.28. The summed E-state index contributed by atoms with van der Waals surface area (Å²) in [6, 6.07) is 0. The van der Waals surface area contributed by atoms with Gasteiger partial charge in [0.1, 0.15) is 12.2 Å². The molecule has 0 saturated heterocycles. The number of rotatable bonds is 1. The van der Waals surface area contributed by atoms with Crippen LogP contribution in [-0.2, 0) is 9.53 Å². The minimum absolute atomic E-state index is 0.0886. The maximum Gasteiger partial charge on any atom is 0.303 e. The smallest absolute Gasteiger partial charge is 0.303 e. The summed E-state index contributed by atoms with van der Waals surface area (Å²) >= 11 is 0. The van der Waals surface area contributed by atoms with E-state index in [0.717, 1.165) is 18.4 Å². The number of esters is 1. The molecule has 1 N–H and O–H groups in total.